The molecule has 0 unspecified atom stereocenters. The van der Waals surface area contributed by atoms with Crippen molar-refractivity contribution in [3.05, 3.63) is 63.9 Å². The third kappa shape index (κ3) is 3.85. The molecule has 2 rings (SSSR count). The fraction of sp³-hybridized carbons (Fsp3) is 0.0769. The number of hydrogen-bond acceptors (Lipinski definition) is 3. The van der Waals surface area contributed by atoms with Gasteiger partial charge < -0.3 is 4.42 Å². The maximum atomic E-state index is 11.9. The van der Waals surface area contributed by atoms with Crippen LogP contribution in [0.3, 0.4) is 0 Å². The van der Waals surface area contributed by atoms with E-state index in [1.54, 1.807) is 18.2 Å². The Labute approximate surface area is 114 Å². The van der Waals surface area contributed by atoms with Crippen molar-refractivity contribution in [1.82, 2.24) is 0 Å². The molecule has 0 N–H and O–H groups in total. The summed E-state index contributed by atoms with van der Waals surface area (Å²) >= 11 is 3.31. The van der Waals surface area contributed by atoms with E-state index in [1.165, 1.54) is 24.0 Å². The van der Waals surface area contributed by atoms with Crippen molar-refractivity contribution < 1.29 is 12.8 Å². The summed E-state index contributed by atoms with van der Waals surface area (Å²) in [7, 11) is -3.26. The van der Waals surface area contributed by atoms with E-state index >= 15 is 0 Å². The summed E-state index contributed by atoms with van der Waals surface area (Å²) in [5, 5.41) is 1.21. The fourth-order valence-corrected chi connectivity index (χ4v) is 2.80. The second-order valence-electron chi connectivity index (χ2n) is 3.79. The molecular weight excluding hydrogens is 316 g/mol. The van der Waals surface area contributed by atoms with E-state index in [4.69, 9.17) is 4.42 Å². The summed E-state index contributed by atoms with van der Waals surface area (Å²) in [5.74, 6) is -0.00533. The highest BCUT2D eigenvalue weighted by atomic mass is 79.9. The van der Waals surface area contributed by atoms with Crippen molar-refractivity contribution in [2.75, 3.05) is 0 Å². The van der Waals surface area contributed by atoms with Crippen LogP contribution in [0.2, 0.25) is 0 Å². The van der Waals surface area contributed by atoms with E-state index in [9.17, 15) is 8.42 Å². The molecule has 1 heterocycles. The Bertz CT molecular complexity index is 625. The van der Waals surface area contributed by atoms with Crippen LogP contribution in [-0.4, -0.2) is 8.42 Å². The molecule has 1 aromatic heterocycles. The van der Waals surface area contributed by atoms with Gasteiger partial charge in [-0.2, -0.15) is 0 Å². The Hall–Kier alpha value is -1.33. The molecule has 0 aliphatic heterocycles. The Morgan fingerprint density at radius 2 is 1.89 bits per heavy atom. The predicted octanol–water partition coefficient (Wildman–Crippen LogP) is 3.63. The molecule has 0 amide bonds. The van der Waals surface area contributed by atoms with Crippen molar-refractivity contribution in [3.8, 4) is 0 Å². The zero-order valence-electron chi connectivity index (χ0n) is 9.41. The maximum Gasteiger partial charge on any atom is 0.175 e. The molecule has 0 aliphatic carbocycles. The zero-order chi connectivity index (χ0) is 13.0. The summed E-state index contributed by atoms with van der Waals surface area (Å²) in [5.41, 5.74) is 1.49. The fourth-order valence-electron chi connectivity index (χ4n) is 1.41. The highest BCUT2D eigenvalue weighted by Gasteiger charge is 2.07. The standard InChI is InChI=1S/C13H11BrO3S/c14-13-3-1-12(2-4-13)10-18(15,16)8-6-11-5-7-17-9-11/h1-9H,10H2/b8-6+. The van der Waals surface area contributed by atoms with Crippen LogP contribution in [0.5, 0.6) is 0 Å². The Morgan fingerprint density at radius 1 is 1.17 bits per heavy atom. The molecule has 0 atom stereocenters. The lowest BCUT2D eigenvalue weighted by molar-refractivity contribution is 0.567. The van der Waals surface area contributed by atoms with Gasteiger partial charge in [-0.05, 0) is 29.8 Å². The second kappa shape index (κ2) is 5.54. The highest BCUT2D eigenvalue weighted by molar-refractivity contribution is 9.10. The van der Waals surface area contributed by atoms with Gasteiger partial charge >= 0.3 is 0 Å². The summed E-state index contributed by atoms with van der Waals surface area (Å²) in [6.07, 6.45) is 4.52. The molecule has 2 aromatic rings. The lowest BCUT2D eigenvalue weighted by atomic mass is 10.2. The first kappa shape index (κ1) is 13.1. The van der Waals surface area contributed by atoms with Gasteiger partial charge in [-0.15, -0.1) is 0 Å². The number of benzene rings is 1. The number of furan rings is 1. The van der Waals surface area contributed by atoms with Crippen LogP contribution in [0, 0.1) is 0 Å². The van der Waals surface area contributed by atoms with Crippen molar-refractivity contribution in [2.45, 2.75) is 5.75 Å². The van der Waals surface area contributed by atoms with Crippen LogP contribution >= 0.6 is 15.9 Å². The molecule has 3 nitrogen and oxygen atoms in total. The third-order valence-corrected chi connectivity index (χ3v) is 4.11. The molecule has 0 saturated carbocycles. The van der Waals surface area contributed by atoms with Gasteiger partial charge in [0.1, 0.15) is 0 Å². The minimum Gasteiger partial charge on any atom is -0.472 e. The monoisotopic (exact) mass is 326 g/mol. The smallest absolute Gasteiger partial charge is 0.175 e. The zero-order valence-corrected chi connectivity index (χ0v) is 11.8. The van der Waals surface area contributed by atoms with Crippen LogP contribution in [0.4, 0.5) is 0 Å². The number of sulfone groups is 1. The Kier molecular flexibility index (Phi) is 4.04. The molecule has 0 radical (unpaired) electrons. The predicted molar refractivity (Wildman–Crippen MR) is 74.5 cm³/mol. The van der Waals surface area contributed by atoms with Gasteiger partial charge in [0.15, 0.2) is 9.84 Å². The largest absolute Gasteiger partial charge is 0.472 e. The second-order valence-corrected chi connectivity index (χ2v) is 6.60. The number of hydrogen-bond donors (Lipinski definition) is 0. The van der Waals surface area contributed by atoms with Crippen LogP contribution < -0.4 is 0 Å². The third-order valence-electron chi connectivity index (χ3n) is 2.29. The molecule has 5 heteroatoms. The summed E-state index contributed by atoms with van der Waals surface area (Å²) < 4.78 is 29.5. The summed E-state index contributed by atoms with van der Waals surface area (Å²) in [6.45, 7) is 0. The maximum absolute atomic E-state index is 11.9. The van der Waals surface area contributed by atoms with Gasteiger partial charge in [0.05, 0.1) is 18.3 Å². The first-order valence-corrected chi connectivity index (χ1v) is 7.73. The SMILES string of the molecule is O=S(=O)(/C=C/c1ccoc1)Cc1ccc(Br)cc1. The van der Waals surface area contributed by atoms with Crippen LogP contribution in [0.15, 0.2) is 57.2 Å². The molecule has 18 heavy (non-hydrogen) atoms. The van der Waals surface area contributed by atoms with E-state index in [0.29, 0.717) is 0 Å². The van der Waals surface area contributed by atoms with Crippen LogP contribution in [0.1, 0.15) is 11.1 Å². The van der Waals surface area contributed by atoms with E-state index in [-0.39, 0.29) is 5.75 Å². The first-order chi connectivity index (χ1) is 8.55. The van der Waals surface area contributed by atoms with Gasteiger partial charge in [-0.1, -0.05) is 28.1 Å². The average molecular weight is 327 g/mol. The minimum absolute atomic E-state index is 0.00533. The van der Waals surface area contributed by atoms with Gasteiger partial charge in [-0.25, -0.2) is 8.42 Å². The molecule has 1 aromatic carbocycles. The topological polar surface area (TPSA) is 47.3 Å². The molecule has 0 saturated heterocycles. The molecular formula is C13H11BrO3S. The van der Waals surface area contributed by atoms with Crippen LogP contribution in [-0.2, 0) is 15.6 Å². The van der Waals surface area contributed by atoms with Crippen molar-refractivity contribution in [1.29, 1.82) is 0 Å². The molecule has 0 spiro atoms. The quantitative estimate of drug-likeness (QED) is 0.861. The number of halogens is 1. The molecule has 0 aliphatic rings. The molecule has 0 bridgehead atoms. The normalized spacial score (nSPS) is 12.1. The van der Waals surface area contributed by atoms with E-state index in [2.05, 4.69) is 15.9 Å². The van der Waals surface area contributed by atoms with Gasteiger partial charge in [0, 0.05) is 15.4 Å². The van der Waals surface area contributed by atoms with Gasteiger partial charge in [-0.3, -0.25) is 0 Å². The van der Waals surface area contributed by atoms with Crippen LogP contribution in [0.25, 0.3) is 6.08 Å². The lowest BCUT2D eigenvalue weighted by Crippen LogP contribution is -1.99. The van der Waals surface area contributed by atoms with Crippen molar-refractivity contribution in [3.63, 3.8) is 0 Å². The van der Waals surface area contributed by atoms with Gasteiger partial charge in [0.25, 0.3) is 0 Å². The summed E-state index contributed by atoms with van der Waals surface area (Å²) in [6, 6.07) is 8.92. The number of rotatable bonds is 4. The Balaban J connectivity index is 2.10. The van der Waals surface area contributed by atoms with Gasteiger partial charge in [0.2, 0.25) is 0 Å². The first-order valence-electron chi connectivity index (χ1n) is 5.23. The molecule has 94 valence electrons. The van der Waals surface area contributed by atoms with E-state index < -0.39 is 9.84 Å². The van der Waals surface area contributed by atoms with E-state index in [1.807, 2.05) is 12.1 Å². The highest BCUT2D eigenvalue weighted by Crippen LogP contribution is 2.14. The van der Waals surface area contributed by atoms with Crippen molar-refractivity contribution >= 4 is 31.8 Å². The summed E-state index contributed by atoms with van der Waals surface area (Å²) in [4.78, 5) is 0. The van der Waals surface area contributed by atoms with E-state index in [0.717, 1.165) is 15.6 Å². The Morgan fingerprint density at radius 3 is 2.50 bits per heavy atom. The minimum atomic E-state index is -3.26. The average Bonchev–Trinajstić information content (AvgIpc) is 2.83. The molecule has 0 fully saturated rings. The van der Waals surface area contributed by atoms with Crippen molar-refractivity contribution in [2.24, 2.45) is 0 Å². The lowest BCUT2D eigenvalue weighted by Gasteiger charge is -2.00.